The number of ether oxygens (including phenoxy) is 2. The second kappa shape index (κ2) is 5.65. The summed E-state index contributed by atoms with van der Waals surface area (Å²) in [5.74, 6) is 0.488. The van der Waals surface area contributed by atoms with Gasteiger partial charge < -0.3 is 19.5 Å². The topological polar surface area (TPSA) is 71.9 Å². The van der Waals surface area contributed by atoms with Crippen LogP contribution >= 0.6 is 11.3 Å². The Hall–Kier alpha value is -1.86. The summed E-state index contributed by atoms with van der Waals surface area (Å²) in [5.41, 5.74) is 0.921. The van der Waals surface area contributed by atoms with Gasteiger partial charge in [-0.15, -0.1) is 0 Å². The van der Waals surface area contributed by atoms with Crippen LogP contribution in [0, 0.1) is 11.8 Å². The van der Waals surface area contributed by atoms with Crippen molar-refractivity contribution in [3.63, 3.8) is 0 Å². The quantitative estimate of drug-likeness (QED) is 0.930. The first-order chi connectivity index (χ1) is 11.2. The minimum atomic E-state index is -0.980. The van der Waals surface area contributed by atoms with Gasteiger partial charge in [-0.3, -0.25) is 0 Å². The van der Waals surface area contributed by atoms with E-state index in [2.05, 4.69) is 9.88 Å². The summed E-state index contributed by atoms with van der Waals surface area (Å²) in [5, 5.41) is 10.4. The zero-order valence-corrected chi connectivity index (χ0v) is 13.6. The molecule has 2 aliphatic rings. The van der Waals surface area contributed by atoms with Gasteiger partial charge in [-0.05, 0) is 18.6 Å². The number of anilines is 1. The molecule has 2 unspecified atom stereocenters. The van der Waals surface area contributed by atoms with E-state index in [1.807, 2.05) is 6.07 Å². The Kier molecular flexibility index (Phi) is 3.61. The summed E-state index contributed by atoms with van der Waals surface area (Å²) in [6.45, 7) is 3.48. The molecule has 0 radical (unpaired) electrons. The molecule has 2 aliphatic heterocycles. The van der Waals surface area contributed by atoms with Gasteiger partial charge in [0.1, 0.15) is 11.3 Å². The third kappa shape index (κ3) is 2.53. The van der Waals surface area contributed by atoms with E-state index in [1.54, 1.807) is 6.07 Å². The van der Waals surface area contributed by atoms with Crippen molar-refractivity contribution < 1.29 is 19.4 Å². The lowest BCUT2D eigenvalue weighted by Gasteiger charge is -2.41. The number of methoxy groups -OCH3 is 1. The van der Waals surface area contributed by atoms with E-state index >= 15 is 0 Å². The summed E-state index contributed by atoms with van der Waals surface area (Å²) in [6.07, 6.45) is 1.22. The summed E-state index contributed by atoms with van der Waals surface area (Å²) in [6, 6.07) is 3.50. The van der Waals surface area contributed by atoms with E-state index in [0.717, 1.165) is 37.0 Å². The SMILES string of the molecule is COc1ccc2nc(N3CC4COCC(C4)C3)sc2c1C(=O)O. The van der Waals surface area contributed by atoms with E-state index in [-0.39, 0.29) is 5.56 Å². The maximum Gasteiger partial charge on any atom is 0.341 e. The fourth-order valence-electron chi connectivity index (χ4n) is 3.59. The molecule has 3 heterocycles. The van der Waals surface area contributed by atoms with Gasteiger partial charge in [0.2, 0.25) is 0 Å². The number of aromatic carboxylic acids is 1. The van der Waals surface area contributed by atoms with Crippen molar-refractivity contribution in [1.29, 1.82) is 0 Å². The maximum atomic E-state index is 11.6. The molecule has 0 saturated carbocycles. The zero-order valence-electron chi connectivity index (χ0n) is 12.8. The smallest absolute Gasteiger partial charge is 0.341 e. The number of carbonyl (C=O) groups is 1. The van der Waals surface area contributed by atoms with Crippen LogP contribution in [0.1, 0.15) is 16.8 Å². The van der Waals surface area contributed by atoms with Gasteiger partial charge in [0.15, 0.2) is 5.13 Å². The number of fused-ring (bicyclic) bond motifs is 3. The summed E-state index contributed by atoms with van der Waals surface area (Å²) in [7, 11) is 1.49. The van der Waals surface area contributed by atoms with Crippen LogP contribution in [0.2, 0.25) is 0 Å². The molecule has 4 rings (SSSR count). The average molecular weight is 334 g/mol. The van der Waals surface area contributed by atoms with Crippen LogP contribution in [0.25, 0.3) is 10.2 Å². The molecule has 1 N–H and O–H groups in total. The van der Waals surface area contributed by atoms with Crippen molar-refractivity contribution >= 4 is 32.7 Å². The first kappa shape index (κ1) is 14.7. The second-order valence-corrected chi connectivity index (χ2v) is 7.18. The Morgan fingerprint density at radius 3 is 2.78 bits per heavy atom. The molecular formula is C16H18N2O4S. The van der Waals surface area contributed by atoms with Crippen LogP contribution in [0.3, 0.4) is 0 Å². The first-order valence-corrected chi connectivity index (χ1v) is 8.51. The monoisotopic (exact) mass is 334 g/mol. The Morgan fingerprint density at radius 2 is 2.13 bits per heavy atom. The van der Waals surface area contributed by atoms with Crippen LogP contribution in [-0.2, 0) is 4.74 Å². The Morgan fingerprint density at radius 1 is 1.39 bits per heavy atom. The number of thiazole rings is 1. The third-order valence-electron chi connectivity index (χ3n) is 4.54. The fourth-order valence-corrected chi connectivity index (χ4v) is 4.70. The van der Waals surface area contributed by atoms with E-state index in [0.29, 0.717) is 22.3 Å². The molecule has 0 amide bonds. The minimum absolute atomic E-state index is 0.203. The highest BCUT2D eigenvalue weighted by atomic mass is 32.1. The highest BCUT2D eigenvalue weighted by Gasteiger charge is 2.32. The van der Waals surface area contributed by atoms with E-state index in [1.165, 1.54) is 24.9 Å². The van der Waals surface area contributed by atoms with Gasteiger partial charge in [-0.2, -0.15) is 0 Å². The van der Waals surface area contributed by atoms with Crippen LogP contribution in [0.15, 0.2) is 12.1 Å². The lowest BCUT2D eigenvalue weighted by atomic mass is 9.88. The van der Waals surface area contributed by atoms with Crippen molar-refractivity contribution in [2.45, 2.75) is 6.42 Å². The fraction of sp³-hybridized carbons (Fsp3) is 0.500. The van der Waals surface area contributed by atoms with Crippen molar-refractivity contribution in [2.75, 3.05) is 38.3 Å². The maximum absolute atomic E-state index is 11.6. The Balaban J connectivity index is 1.74. The van der Waals surface area contributed by atoms with Crippen molar-refractivity contribution in [2.24, 2.45) is 11.8 Å². The van der Waals surface area contributed by atoms with Crippen molar-refractivity contribution in [3.05, 3.63) is 17.7 Å². The van der Waals surface area contributed by atoms with Gasteiger partial charge in [0, 0.05) is 24.9 Å². The number of hydrogen-bond acceptors (Lipinski definition) is 6. The predicted octanol–water partition coefficient (Wildman–Crippen LogP) is 2.48. The molecule has 7 heteroatoms. The lowest BCUT2D eigenvalue weighted by molar-refractivity contribution is 0.00624. The molecule has 0 aliphatic carbocycles. The lowest BCUT2D eigenvalue weighted by Crippen LogP contribution is -2.46. The molecular weight excluding hydrogens is 316 g/mol. The molecule has 2 bridgehead atoms. The highest BCUT2D eigenvalue weighted by molar-refractivity contribution is 7.22. The minimum Gasteiger partial charge on any atom is -0.496 e. The van der Waals surface area contributed by atoms with E-state index in [9.17, 15) is 9.90 Å². The Bertz CT molecular complexity index is 748. The zero-order chi connectivity index (χ0) is 16.0. The van der Waals surface area contributed by atoms with Gasteiger partial charge in [-0.25, -0.2) is 9.78 Å². The van der Waals surface area contributed by atoms with Crippen LogP contribution in [0.5, 0.6) is 5.75 Å². The number of rotatable bonds is 3. The van der Waals surface area contributed by atoms with Crippen molar-refractivity contribution in [1.82, 2.24) is 4.98 Å². The Labute approximate surface area is 137 Å². The molecule has 2 aromatic rings. The summed E-state index contributed by atoms with van der Waals surface area (Å²) < 4.78 is 11.5. The molecule has 1 aromatic heterocycles. The van der Waals surface area contributed by atoms with E-state index in [4.69, 9.17) is 9.47 Å². The molecule has 23 heavy (non-hydrogen) atoms. The van der Waals surface area contributed by atoms with Gasteiger partial charge in [-0.1, -0.05) is 11.3 Å². The molecule has 2 saturated heterocycles. The van der Waals surface area contributed by atoms with Crippen LogP contribution in [0.4, 0.5) is 5.13 Å². The number of benzene rings is 1. The van der Waals surface area contributed by atoms with Crippen LogP contribution in [-0.4, -0.2) is 49.5 Å². The highest BCUT2D eigenvalue weighted by Crippen LogP contribution is 2.38. The summed E-state index contributed by atoms with van der Waals surface area (Å²) in [4.78, 5) is 18.6. The molecule has 0 spiro atoms. The molecule has 2 atom stereocenters. The standard InChI is InChI=1S/C16H18N2O4S/c1-21-12-3-2-11-14(13(12)15(19)20)23-16(17-11)18-5-9-4-10(6-18)8-22-7-9/h2-3,9-10H,4-8H2,1H3,(H,19,20). The predicted molar refractivity (Wildman–Crippen MR) is 87.8 cm³/mol. The number of carboxylic acid groups (broad SMARTS) is 1. The number of piperidine rings is 1. The largest absolute Gasteiger partial charge is 0.496 e. The number of nitrogens with zero attached hydrogens (tertiary/aromatic N) is 2. The molecule has 6 nitrogen and oxygen atoms in total. The number of carboxylic acids is 1. The first-order valence-electron chi connectivity index (χ1n) is 7.69. The van der Waals surface area contributed by atoms with Crippen molar-refractivity contribution in [3.8, 4) is 5.75 Å². The summed E-state index contributed by atoms with van der Waals surface area (Å²) >= 11 is 1.44. The molecule has 2 fully saturated rings. The number of hydrogen-bond donors (Lipinski definition) is 1. The average Bonchev–Trinajstić information content (AvgIpc) is 2.97. The normalized spacial score (nSPS) is 24.0. The van der Waals surface area contributed by atoms with Gasteiger partial charge in [0.25, 0.3) is 0 Å². The third-order valence-corrected chi connectivity index (χ3v) is 5.69. The van der Waals surface area contributed by atoms with Crippen LogP contribution < -0.4 is 9.64 Å². The second-order valence-electron chi connectivity index (χ2n) is 6.20. The molecule has 1 aromatic carbocycles. The number of aromatic nitrogens is 1. The molecule has 122 valence electrons. The van der Waals surface area contributed by atoms with E-state index < -0.39 is 5.97 Å². The van der Waals surface area contributed by atoms with Gasteiger partial charge in [0.05, 0.1) is 30.5 Å². The van der Waals surface area contributed by atoms with Gasteiger partial charge >= 0.3 is 5.97 Å².